The highest BCUT2D eigenvalue weighted by molar-refractivity contribution is 6.24. The molecule has 0 saturated carbocycles. The fourth-order valence-electron chi connectivity index (χ4n) is 9.57. The van der Waals surface area contributed by atoms with Crippen molar-refractivity contribution in [2.24, 2.45) is 0 Å². The molecule has 0 unspecified atom stereocenters. The van der Waals surface area contributed by atoms with E-state index in [1.165, 1.54) is 82.0 Å². The Balaban J connectivity index is 1.16. The number of benzene rings is 11. The van der Waals surface area contributed by atoms with Crippen LogP contribution in [0.15, 0.2) is 243 Å². The highest BCUT2D eigenvalue weighted by atomic mass is 15.1. The second kappa shape index (κ2) is 14.8. The summed E-state index contributed by atoms with van der Waals surface area (Å²) in [5.74, 6) is 0. The summed E-state index contributed by atoms with van der Waals surface area (Å²) in [6.07, 6.45) is 0. The molecule has 0 radical (unpaired) electrons. The van der Waals surface area contributed by atoms with Crippen molar-refractivity contribution in [3.8, 4) is 39.1 Å². The standard InChI is InChI=1S/C60H40N2/c1-4-15-41(16-5-1)48-35-49(42-17-6-2-7-18-42)39-53(38-48)62-58-33-31-52(40-57(58)60-56-26-14-25-54(45-21-8-3-9-22-45)55(56)32-34-59(60)62)61(50-29-27-43-19-10-12-23-46(43)36-50)51-30-28-44-20-11-13-24-47(44)37-51/h1-40H. The third-order valence-corrected chi connectivity index (χ3v) is 12.5. The summed E-state index contributed by atoms with van der Waals surface area (Å²) in [7, 11) is 0. The highest BCUT2D eigenvalue weighted by Crippen LogP contribution is 2.45. The molecule has 1 heterocycles. The molecule has 0 amide bonds. The Labute approximate surface area is 360 Å². The molecule has 0 fully saturated rings. The Bertz CT molecular complexity index is 3490. The molecule has 0 saturated heterocycles. The summed E-state index contributed by atoms with van der Waals surface area (Å²) in [6, 6.07) is 88.7. The van der Waals surface area contributed by atoms with E-state index in [0.717, 1.165) is 28.3 Å². The van der Waals surface area contributed by atoms with Gasteiger partial charge in [-0.1, -0.05) is 176 Å². The molecule has 12 aromatic rings. The molecular weight excluding hydrogens is 749 g/mol. The van der Waals surface area contributed by atoms with Crippen LogP contribution in [0.4, 0.5) is 17.1 Å². The molecule has 0 aliphatic rings. The van der Waals surface area contributed by atoms with Crippen LogP contribution in [0.3, 0.4) is 0 Å². The average Bonchev–Trinajstić information content (AvgIpc) is 3.69. The molecule has 2 nitrogen and oxygen atoms in total. The minimum Gasteiger partial charge on any atom is -0.310 e. The molecule has 11 aromatic carbocycles. The molecule has 0 atom stereocenters. The largest absolute Gasteiger partial charge is 0.310 e. The molecule has 0 aliphatic heterocycles. The third kappa shape index (κ3) is 6.12. The molecule has 1 aromatic heterocycles. The van der Waals surface area contributed by atoms with Crippen molar-refractivity contribution in [3.63, 3.8) is 0 Å². The maximum atomic E-state index is 2.48. The Morgan fingerprint density at radius 3 is 1.37 bits per heavy atom. The smallest absolute Gasteiger partial charge is 0.0547 e. The SMILES string of the molecule is c1ccc(-c2cc(-c3ccccc3)cc(-n3c4ccc(N(c5ccc6ccccc6c5)c5ccc6ccccc6c5)cc4c4c5cccc(-c6ccccc6)c5ccc43)c2)cc1. The summed E-state index contributed by atoms with van der Waals surface area (Å²) in [5.41, 5.74) is 13.9. The Morgan fingerprint density at radius 2 is 0.774 bits per heavy atom. The summed E-state index contributed by atoms with van der Waals surface area (Å²) < 4.78 is 2.48. The zero-order valence-corrected chi connectivity index (χ0v) is 34.0. The molecule has 0 bridgehead atoms. The van der Waals surface area contributed by atoms with Gasteiger partial charge < -0.3 is 9.47 Å². The number of nitrogens with zero attached hydrogens (tertiary/aromatic N) is 2. The van der Waals surface area contributed by atoms with Gasteiger partial charge in [0.2, 0.25) is 0 Å². The van der Waals surface area contributed by atoms with Gasteiger partial charge in [-0.15, -0.1) is 0 Å². The zero-order chi connectivity index (χ0) is 41.0. The van der Waals surface area contributed by atoms with Gasteiger partial charge >= 0.3 is 0 Å². The van der Waals surface area contributed by atoms with Gasteiger partial charge in [-0.2, -0.15) is 0 Å². The summed E-state index contributed by atoms with van der Waals surface area (Å²) >= 11 is 0. The van der Waals surface area contributed by atoms with Crippen LogP contribution in [-0.4, -0.2) is 4.57 Å². The number of anilines is 3. The minimum atomic E-state index is 1.10. The van der Waals surface area contributed by atoms with Crippen molar-refractivity contribution in [2.45, 2.75) is 0 Å². The van der Waals surface area contributed by atoms with E-state index in [-0.39, 0.29) is 0 Å². The second-order valence-corrected chi connectivity index (χ2v) is 16.2. The lowest BCUT2D eigenvalue weighted by Gasteiger charge is -2.26. The van der Waals surface area contributed by atoms with Crippen LogP contribution in [0.2, 0.25) is 0 Å². The van der Waals surface area contributed by atoms with E-state index in [9.17, 15) is 0 Å². The van der Waals surface area contributed by atoms with Gasteiger partial charge in [0.1, 0.15) is 0 Å². The van der Waals surface area contributed by atoms with Gasteiger partial charge in [0, 0.05) is 33.5 Å². The molecule has 0 N–H and O–H groups in total. The van der Waals surface area contributed by atoms with E-state index in [4.69, 9.17) is 0 Å². The van der Waals surface area contributed by atoms with Crippen LogP contribution in [0.25, 0.3) is 93.2 Å². The zero-order valence-electron chi connectivity index (χ0n) is 34.0. The number of aromatic nitrogens is 1. The molecule has 0 aliphatic carbocycles. The summed E-state index contributed by atoms with van der Waals surface area (Å²) in [5, 5.41) is 9.77. The topological polar surface area (TPSA) is 8.17 Å². The predicted octanol–water partition coefficient (Wildman–Crippen LogP) is 16.7. The van der Waals surface area contributed by atoms with Crippen LogP contribution in [0, 0.1) is 0 Å². The Morgan fingerprint density at radius 1 is 0.274 bits per heavy atom. The van der Waals surface area contributed by atoms with Gasteiger partial charge in [0.05, 0.1) is 11.0 Å². The first-order chi connectivity index (χ1) is 30.7. The molecule has 290 valence electrons. The first-order valence-corrected chi connectivity index (χ1v) is 21.3. The van der Waals surface area contributed by atoms with Crippen molar-refractivity contribution in [1.29, 1.82) is 0 Å². The number of hydrogen-bond donors (Lipinski definition) is 0. The van der Waals surface area contributed by atoms with Crippen molar-refractivity contribution >= 4 is 71.2 Å². The van der Waals surface area contributed by atoms with Crippen molar-refractivity contribution in [1.82, 2.24) is 4.57 Å². The monoisotopic (exact) mass is 788 g/mol. The maximum absolute atomic E-state index is 2.48. The van der Waals surface area contributed by atoms with E-state index in [0.29, 0.717) is 0 Å². The van der Waals surface area contributed by atoms with Gasteiger partial charge in [-0.25, -0.2) is 0 Å². The lowest BCUT2D eigenvalue weighted by molar-refractivity contribution is 1.18. The number of rotatable bonds is 7. The van der Waals surface area contributed by atoms with E-state index < -0.39 is 0 Å². The average molecular weight is 789 g/mol. The van der Waals surface area contributed by atoms with Crippen molar-refractivity contribution < 1.29 is 0 Å². The quantitative estimate of drug-likeness (QED) is 0.156. The Kier molecular flexibility index (Phi) is 8.53. The summed E-state index contributed by atoms with van der Waals surface area (Å²) in [6.45, 7) is 0. The van der Waals surface area contributed by atoms with E-state index in [1.54, 1.807) is 0 Å². The molecule has 0 spiro atoms. The molecule has 12 rings (SSSR count). The fraction of sp³-hybridized carbons (Fsp3) is 0. The number of hydrogen-bond acceptors (Lipinski definition) is 1. The van der Waals surface area contributed by atoms with Crippen molar-refractivity contribution in [2.75, 3.05) is 4.90 Å². The highest BCUT2D eigenvalue weighted by Gasteiger charge is 2.21. The lowest BCUT2D eigenvalue weighted by atomic mass is 9.95. The molecule has 2 heteroatoms. The Hall–Kier alpha value is -8.20. The van der Waals surface area contributed by atoms with Crippen molar-refractivity contribution in [3.05, 3.63) is 243 Å². The van der Waals surface area contributed by atoms with E-state index in [2.05, 4.69) is 252 Å². The van der Waals surface area contributed by atoms with E-state index in [1.807, 2.05) is 0 Å². The van der Waals surface area contributed by atoms with Crippen LogP contribution >= 0.6 is 0 Å². The summed E-state index contributed by atoms with van der Waals surface area (Å²) in [4.78, 5) is 2.42. The van der Waals surface area contributed by atoms with Gasteiger partial charge in [-0.05, 0) is 132 Å². The second-order valence-electron chi connectivity index (χ2n) is 16.2. The fourth-order valence-corrected chi connectivity index (χ4v) is 9.57. The first-order valence-electron chi connectivity index (χ1n) is 21.3. The molecular formula is C60H40N2. The molecule has 62 heavy (non-hydrogen) atoms. The van der Waals surface area contributed by atoms with Crippen LogP contribution in [0.5, 0.6) is 0 Å². The lowest BCUT2D eigenvalue weighted by Crippen LogP contribution is -2.10. The van der Waals surface area contributed by atoms with Gasteiger partial charge in [-0.3, -0.25) is 0 Å². The maximum Gasteiger partial charge on any atom is 0.0547 e. The first kappa shape index (κ1) is 35.7. The normalized spacial score (nSPS) is 11.5. The van der Waals surface area contributed by atoms with Gasteiger partial charge in [0.25, 0.3) is 0 Å². The van der Waals surface area contributed by atoms with Crippen LogP contribution < -0.4 is 4.90 Å². The van der Waals surface area contributed by atoms with Crippen LogP contribution in [-0.2, 0) is 0 Å². The minimum absolute atomic E-state index is 1.10. The predicted molar refractivity (Wildman–Crippen MR) is 264 cm³/mol. The van der Waals surface area contributed by atoms with Gasteiger partial charge in [0.15, 0.2) is 0 Å². The van der Waals surface area contributed by atoms with Crippen LogP contribution in [0.1, 0.15) is 0 Å². The van der Waals surface area contributed by atoms with E-state index >= 15 is 0 Å². The third-order valence-electron chi connectivity index (χ3n) is 12.5. The number of fused-ring (bicyclic) bond motifs is 7.